The fourth-order valence-corrected chi connectivity index (χ4v) is 6.44. The van der Waals surface area contributed by atoms with E-state index >= 15 is 0 Å². The zero-order valence-electron chi connectivity index (χ0n) is 19.5. The number of likely N-dealkylation sites (tertiary alicyclic amines) is 1. The number of benzene rings is 2. The molecule has 36 heavy (non-hydrogen) atoms. The number of aryl methyl sites for hydroxylation is 1. The predicted octanol–water partition coefficient (Wildman–Crippen LogP) is 4.03. The molecule has 12 heteroatoms. The molecule has 0 N–H and O–H groups in total. The number of methoxy groups -OCH3 is 1. The van der Waals surface area contributed by atoms with E-state index in [2.05, 4.69) is 0 Å². The molecule has 0 atom stereocenters. The van der Waals surface area contributed by atoms with Crippen molar-refractivity contribution in [3.63, 3.8) is 0 Å². The van der Waals surface area contributed by atoms with Crippen molar-refractivity contribution in [2.75, 3.05) is 26.7 Å². The van der Waals surface area contributed by atoms with E-state index in [1.165, 1.54) is 31.4 Å². The molecule has 0 aliphatic carbocycles. The summed E-state index contributed by atoms with van der Waals surface area (Å²) in [5.41, 5.74) is 1.42. The molecule has 0 radical (unpaired) electrons. The number of ether oxygens (including phenoxy) is 1. The largest absolute Gasteiger partial charge is 0.493 e. The molecule has 3 amide bonds. The van der Waals surface area contributed by atoms with Gasteiger partial charge in [-0.2, -0.15) is 8.42 Å². The summed E-state index contributed by atoms with van der Waals surface area (Å²) in [4.78, 5) is 40.5. The molecule has 0 saturated carbocycles. The number of thioether (sulfide) groups is 1. The van der Waals surface area contributed by atoms with Gasteiger partial charge < -0.3 is 13.8 Å². The molecule has 0 bridgehead atoms. The highest BCUT2D eigenvalue weighted by atomic mass is 127. The predicted molar refractivity (Wildman–Crippen MR) is 143 cm³/mol. The lowest BCUT2D eigenvalue weighted by molar-refractivity contribution is -0.135. The highest BCUT2D eigenvalue weighted by molar-refractivity contribution is 14.1. The number of carbonyl (C=O) groups is 3. The SMILES string of the molecule is COc1cc(/C=C2\SC(=O)N(CC(=O)N3CCCC3)C2=O)cc(I)c1OS(=O)(=O)c1ccc(C)cc1. The molecule has 0 aromatic heterocycles. The number of halogens is 1. The Labute approximate surface area is 227 Å². The number of carbonyl (C=O) groups excluding carboxylic acids is 3. The highest BCUT2D eigenvalue weighted by Crippen LogP contribution is 2.38. The van der Waals surface area contributed by atoms with Crippen molar-refractivity contribution in [2.45, 2.75) is 24.7 Å². The zero-order valence-corrected chi connectivity index (χ0v) is 23.3. The minimum Gasteiger partial charge on any atom is -0.493 e. The minimum absolute atomic E-state index is 0.00665. The number of hydrogen-bond donors (Lipinski definition) is 0. The van der Waals surface area contributed by atoms with E-state index in [4.69, 9.17) is 8.92 Å². The van der Waals surface area contributed by atoms with Crippen LogP contribution >= 0.6 is 34.4 Å². The third-order valence-corrected chi connectivity index (χ3v) is 8.62. The van der Waals surface area contributed by atoms with Crippen LogP contribution in [0.5, 0.6) is 11.5 Å². The van der Waals surface area contributed by atoms with E-state index in [0.29, 0.717) is 22.2 Å². The molecular formula is C24H23IN2O7S2. The van der Waals surface area contributed by atoms with E-state index in [9.17, 15) is 22.8 Å². The molecule has 2 aliphatic rings. The van der Waals surface area contributed by atoms with Gasteiger partial charge in [0.1, 0.15) is 11.4 Å². The van der Waals surface area contributed by atoms with Crippen molar-refractivity contribution in [2.24, 2.45) is 0 Å². The molecule has 9 nitrogen and oxygen atoms in total. The van der Waals surface area contributed by atoms with Crippen LogP contribution in [0.4, 0.5) is 4.79 Å². The van der Waals surface area contributed by atoms with Crippen LogP contribution in [0.25, 0.3) is 6.08 Å². The smallest absolute Gasteiger partial charge is 0.339 e. The lowest BCUT2D eigenvalue weighted by Crippen LogP contribution is -2.40. The Kier molecular flexibility index (Phi) is 7.95. The maximum Gasteiger partial charge on any atom is 0.339 e. The van der Waals surface area contributed by atoms with Gasteiger partial charge in [-0.05, 0) is 90.0 Å². The average molecular weight is 642 g/mol. The van der Waals surface area contributed by atoms with Crippen LogP contribution in [-0.4, -0.2) is 62.0 Å². The highest BCUT2D eigenvalue weighted by Gasteiger charge is 2.37. The molecule has 4 rings (SSSR count). The van der Waals surface area contributed by atoms with E-state index in [0.717, 1.165) is 35.1 Å². The second-order valence-corrected chi connectivity index (χ2v) is 11.9. The van der Waals surface area contributed by atoms with Gasteiger partial charge in [-0.25, -0.2) is 0 Å². The summed E-state index contributed by atoms with van der Waals surface area (Å²) in [5, 5.41) is -0.510. The van der Waals surface area contributed by atoms with Crippen molar-refractivity contribution in [1.82, 2.24) is 9.80 Å². The summed E-state index contributed by atoms with van der Waals surface area (Å²) in [6.45, 7) is 2.84. The number of imide groups is 1. The first-order chi connectivity index (χ1) is 17.1. The van der Waals surface area contributed by atoms with Gasteiger partial charge in [0.25, 0.3) is 11.1 Å². The van der Waals surface area contributed by atoms with Crippen molar-refractivity contribution in [3.05, 3.63) is 56.0 Å². The number of rotatable bonds is 7. The third kappa shape index (κ3) is 5.70. The van der Waals surface area contributed by atoms with Crippen LogP contribution in [0.2, 0.25) is 0 Å². The van der Waals surface area contributed by atoms with Crippen molar-refractivity contribution in [1.29, 1.82) is 0 Å². The van der Waals surface area contributed by atoms with Crippen molar-refractivity contribution in [3.8, 4) is 11.5 Å². The van der Waals surface area contributed by atoms with Gasteiger partial charge in [0.15, 0.2) is 11.5 Å². The fraction of sp³-hybridized carbons (Fsp3) is 0.292. The minimum atomic E-state index is -4.11. The summed E-state index contributed by atoms with van der Waals surface area (Å²) in [5.74, 6) is -0.634. The first kappa shape index (κ1) is 26.5. The standard InChI is InChI=1S/C24H23IN2O7S2/c1-15-5-7-17(8-6-15)36(31,32)34-22-18(25)11-16(12-19(22)33-2)13-20-23(29)27(24(30)35-20)14-21(28)26-9-3-4-10-26/h5-8,11-13H,3-4,9-10,14H2,1-2H3/b20-13-. The Morgan fingerprint density at radius 2 is 1.81 bits per heavy atom. The first-order valence-electron chi connectivity index (χ1n) is 11.0. The van der Waals surface area contributed by atoms with Gasteiger partial charge >= 0.3 is 10.1 Å². The third-order valence-electron chi connectivity index (χ3n) is 5.68. The van der Waals surface area contributed by atoms with Crippen LogP contribution in [0.1, 0.15) is 24.0 Å². The second kappa shape index (κ2) is 10.8. The topological polar surface area (TPSA) is 110 Å². The molecule has 190 valence electrons. The quantitative estimate of drug-likeness (QED) is 0.253. The van der Waals surface area contributed by atoms with Crippen LogP contribution in [0.3, 0.4) is 0 Å². The molecule has 2 saturated heterocycles. The molecule has 2 aromatic carbocycles. The van der Waals surface area contributed by atoms with E-state index in [1.807, 2.05) is 29.5 Å². The van der Waals surface area contributed by atoms with E-state index in [1.54, 1.807) is 23.1 Å². The fourth-order valence-electron chi connectivity index (χ4n) is 3.76. The molecule has 2 fully saturated rings. The van der Waals surface area contributed by atoms with Crippen LogP contribution in [0.15, 0.2) is 46.2 Å². The number of nitrogens with zero attached hydrogens (tertiary/aromatic N) is 2. The molecule has 2 aliphatic heterocycles. The Bertz CT molecular complexity index is 1350. The van der Waals surface area contributed by atoms with Gasteiger partial charge in [0.05, 0.1) is 15.6 Å². The van der Waals surface area contributed by atoms with Gasteiger partial charge in [0, 0.05) is 13.1 Å². The zero-order chi connectivity index (χ0) is 26.0. The Balaban J connectivity index is 1.56. The number of hydrogen-bond acceptors (Lipinski definition) is 8. The van der Waals surface area contributed by atoms with Crippen molar-refractivity contribution < 1.29 is 31.7 Å². The van der Waals surface area contributed by atoms with Crippen LogP contribution in [-0.2, 0) is 19.7 Å². The van der Waals surface area contributed by atoms with Crippen molar-refractivity contribution >= 4 is 67.6 Å². The first-order valence-corrected chi connectivity index (χ1v) is 14.3. The molecule has 2 aromatic rings. The average Bonchev–Trinajstić information content (AvgIpc) is 3.46. The summed E-state index contributed by atoms with van der Waals surface area (Å²) < 4.78 is 36.8. The van der Waals surface area contributed by atoms with E-state index in [-0.39, 0.29) is 33.8 Å². The summed E-state index contributed by atoms with van der Waals surface area (Å²) in [6.07, 6.45) is 3.34. The molecule has 0 unspecified atom stereocenters. The molecular weight excluding hydrogens is 619 g/mol. The monoisotopic (exact) mass is 642 g/mol. The number of amides is 3. The Morgan fingerprint density at radius 3 is 2.44 bits per heavy atom. The maximum atomic E-state index is 12.9. The summed E-state index contributed by atoms with van der Waals surface area (Å²) in [6, 6.07) is 9.41. The molecule has 2 heterocycles. The maximum absolute atomic E-state index is 12.9. The van der Waals surface area contributed by atoms with Gasteiger partial charge in [0.2, 0.25) is 5.91 Å². The van der Waals surface area contributed by atoms with Gasteiger partial charge in [-0.3, -0.25) is 19.3 Å². The lowest BCUT2D eigenvalue weighted by Gasteiger charge is -2.18. The summed E-state index contributed by atoms with van der Waals surface area (Å²) in [7, 11) is -2.73. The Hall–Kier alpha value is -2.58. The van der Waals surface area contributed by atoms with E-state index < -0.39 is 21.3 Å². The van der Waals surface area contributed by atoms with Crippen LogP contribution < -0.4 is 8.92 Å². The van der Waals surface area contributed by atoms with Gasteiger partial charge in [-0.15, -0.1) is 0 Å². The lowest BCUT2D eigenvalue weighted by atomic mass is 10.2. The second-order valence-electron chi connectivity index (χ2n) is 8.24. The van der Waals surface area contributed by atoms with Gasteiger partial charge in [-0.1, -0.05) is 17.7 Å². The van der Waals surface area contributed by atoms with Crippen LogP contribution in [0, 0.1) is 10.5 Å². The Morgan fingerprint density at radius 1 is 1.14 bits per heavy atom. The summed E-state index contributed by atoms with van der Waals surface area (Å²) >= 11 is 2.67. The normalized spacial score (nSPS) is 17.2. The molecule has 0 spiro atoms.